The number of primary amides is 1. The monoisotopic (exact) mass is 175 g/mol. The van der Waals surface area contributed by atoms with Crippen LogP contribution in [0.25, 0.3) is 0 Å². The van der Waals surface area contributed by atoms with E-state index in [1.165, 1.54) is 0 Å². The third-order valence-electron chi connectivity index (χ3n) is 1.50. The van der Waals surface area contributed by atoms with E-state index in [4.69, 9.17) is 17.3 Å². The van der Waals surface area contributed by atoms with Crippen LogP contribution in [0.3, 0.4) is 0 Å². The third kappa shape index (κ3) is 2.08. The molecule has 0 aromatic heterocycles. The van der Waals surface area contributed by atoms with Crippen LogP contribution in [0.2, 0.25) is 0 Å². The highest BCUT2D eigenvalue weighted by molar-refractivity contribution is 6.28. The zero-order valence-corrected chi connectivity index (χ0v) is 6.84. The van der Waals surface area contributed by atoms with Gasteiger partial charge in [-0.1, -0.05) is 0 Å². The molecule has 0 unspecified atom stereocenters. The largest absolute Gasteiger partial charge is 0.368 e. The smallest absolute Gasteiger partial charge is 0.236 e. The Hall–Kier alpha value is -0.770. The second-order valence-corrected chi connectivity index (χ2v) is 2.59. The van der Waals surface area contributed by atoms with Gasteiger partial charge in [-0.25, -0.2) is 0 Å². The number of nitrogens with zero attached hydrogens (tertiary/aromatic N) is 2. The van der Waals surface area contributed by atoms with Crippen molar-refractivity contribution in [2.24, 2.45) is 10.7 Å². The molecular formula is C6H10ClN3O. The lowest BCUT2D eigenvalue weighted by Gasteiger charge is -2.15. The van der Waals surface area contributed by atoms with Crippen LogP contribution in [0.4, 0.5) is 0 Å². The van der Waals surface area contributed by atoms with Crippen molar-refractivity contribution in [3.8, 4) is 0 Å². The molecule has 0 atom stereocenters. The molecule has 62 valence electrons. The Bertz CT molecular complexity index is 192. The summed E-state index contributed by atoms with van der Waals surface area (Å²) in [5.74, 6) is 0.781. The van der Waals surface area contributed by atoms with Crippen LogP contribution in [-0.2, 0) is 4.79 Å². The lowest BCUT2D eigenvalue weighted by molar-refractivity contribution is -0.118. The van der Waals surface area contributed by atoms with E-state index >= 15 is 0 Å². The van der Waals surface area contributed by atoms with E-state index in [2.05, 4.69) is 4.99 Å². The van der Waals surface area contributed by atoms with Gasteiger partial charge < -0.3 is 10.6 Å². The molecule has 0 fully saturated rings. The molecule has 0 spiro atoms. The van der Waals surface area contributed by atoms with Crippen LogP contribution < -0.4 is 5.73 Å². The Kier molecular flexibility index (Phi) is 2.70. The zero-order chi connectivity index (χ0) is 8.27. The highest BCUT2D eigenvalue weighted by Gasteiger charge is 2.16. The summed E-state index contributed by atoms with van der Waals surface area (Å²) in [5, 5.41) is 0. The Morgan fingerprint density at radius 1 is 1.82 bits per heavy atom. The zero-order valence-electron chi connectivity index (χ0n) is 6.09. The molecule has 0 aromatic carbocycles. The van der Waals surface area contributed by atoms with E-state index in [0.717, 1.165) is 18.9 Å². The summed E-state index contributed by atoms with van der Waals surface area (Å²) < 4.78 is 0. The topological polar surface area (TPSA) is 58.7 Å². The number of amides is 1. The molecule has 1 rings (SSSR count). The van der Waals surface area contributed by atoms with Crippen molar-refractivity contribution in [3.05, 3.63) is 0 Å². The quantitative estimate of drug-likeness (QED) is 0.584. The number of carbonyl (C=O) groups is 1. The minimum absolute atomic E-state index is 0.228. The minimum atomic E-state index is -0.343. The molecule has 0 aromatic rings. The first-order chi connectivity index (χ1) is 5.24. The van der Waals surface area contributed by atoms with Crippen molar-refractivity contribution >= 4 is 23.3 Å². The summed E-state index contributed by atoms with van der Waals surface area (Å²) in [6.45, 7) is 1.70. The molecule has 5 heteroatoms. The Balaban J connectivity index is 2.46. The lowest BCUT2D eigenvalue weighted by Crippen LogP contribution is -2.36. The number of amidine groups is 1. The number of halogens is 1. The van der Waals surface area contributed by atoms with Crippen LogP contribution in [0, 0.1) is 0 Å². The van der Waals surface area contributed by atoms with Gasteiger partial charge in [0.15, 0.2) is 0 Å². The van der Waals surface area contributed by atoms with Gasteiger partial charge in [-0.2, -0.15) is 0 Å². The maximum atomic E-state index is 10.5. The molecule has 11 heavy (non-hydrogen) atoms. The first-order valence-electron chi connectivity index (χ1n) is 3.36. The predicted octanol–water partition coefficient (Wildman–Crippen LogP) is -0.575. The fourth-order valence-corrected chi connectivity index (χ4v) is 1.27. The van der Waals surface area contributed by atoms with Gasteiger partial charge in [-0.05, 0) is 0 Å². The van der Waals surface area contributed by atoms with Gasteiger partial charge >= 0.3 is 0 Å². The number of hydrogen-bond donors (Lipinski definition) is 1. The molecule has 2 N–H and O–H groups in total. The summed E-state index contributed by atoms with van der Waals surface area (Å²) in [5.41, 5.74) is 5.01. The Labute approximate surface area is 70.0 Å². The standard InChI is InChI=1S/C6H10ClN3O/c7-3-6-9-1-2-10(6)4-5(8)11/h1-4H2,(H2,8,11). The second kappa shape index (κ2) is 3.57. The van der Waals surface area contributed by atoms with E-state index in [1.807, 2.05) is 0 Å². The molecule has 1 heterocycles. The molecule has 1 aliphatic heterocycles. The molecular weight excluding hydrogens is 166 g/mol. The van der Waals surface area contributed by atoms with Crippen LogP contribution in [0.1, 0.15) is 0 Å². The third-order valence-corrected chi connectivity index (χ3v) is 1.73. The van der Waals surface area contributed by atoms with Crippen LogP contribution in [0.5, 0.6) is 0 Å². The van der Waals surface area contributed by atoms with Gasteiger partial charge in [-0.3, -0.25) is 9.79 Å². The van der Waals surface area contributed by atoms with Gasteiger partial charge in [0.1, 0.15) is 5.84 Å². The minimum Gasteiger partial charge on any atom is -0.368 e. The average Bonchev–Trinajstić information content (AvgIpc) is 2.34. The van der Waals surface area contributed by atoms with Crippen molar-refractivity contribution in [2.45, 2.75) is 0 Å². The van der Waals surface area contributed by atoms with Crippen molar-refractivity contribution in [3.63, 3.8) is 0 Å². The number of aliphatic imine (C=N–C) groups is 1. The molecule has 4 nitrogen and oxygen atoms in total. The van der Waals surface area contributed by atoms with Crippen molar-refractivity contribution in [1.29, 1.82) is 0 Å². The average molecular weight is 176 g/mol. The summed E-state index contributed by atoms with van der Waals surface area (Å²) in [6.07, 6.45) is 0. The summed E-state index contributed by atoms with van der Waals surface area (Å²) in [7, 11) is 0. The second-order valence-electron chi connectivity index (χ2n) is 2.32. The van der Waals surface area contributed by atoms with Crippen LogP contribution >= 0.6 is 11.6 Å². The lowest BCUT2D eigenvalue weighted by atomic mass is 10.4. The van der Waals surface area contributed by atoms with Gasteiger partial charge in [0.05, 0.1) is 19.0 Å². The maximum absolute atomic E-state index is 10.5. The van der Waals surface area contributed by atoms with Gasteiger partial charge in [0.25, 0.3) is 0 Å². The SMILES string of the molecule is NC(=O)CN1CCN=C1CCl. The van der Waals surface area contributed by atoms with E-state index in [0.29, 0.717) is 5.88 Å². The highest BCUT2D eigenvalue weighted by atomic mass is 35.5. The predicted molar refractivity (Wildman–Crippen MR) is 43.8 cm³/mol. The summed E-state index contributed by atoms with van der Waals surface area (Å²) in [6, 6.07) is 0. The molecule has 1 amide bonds. The Morgan fingerprint density at radius 3 is 3.09 bits per heavy atom. The molecule has 0 aliphatic carbocycles. The highest BCUT2D eigenvalue weighted by Crippen LogP contribution is 2.01. The van der Waals surface area contributed by atoms with Crippen molar-refractivity contribution in [1.82, 2.24) is 4.90 Å². The van der Waals surface area contributed by atoms with Gasteiger partial charge in [0, 0.05) is 6.54 Å². The number of rotatable bonds is 3. The van der Waals surface area contributed by atoms with E-state index < -0.39 is 0 Å². The number of carbonyl (C=O) groups excluding carboxylic acids is 1. The molecule has 1 aliphatic rings. The first kappa shape index (κ1) is 8.33. The van der Waals surface area contributed by atoms with E-state index in [9.17, 15) is 4.79 Å². The van der Waals surface area contributed by atoms with Crippen molar-refractivity contribution < 1.29 is 4.79 Å². The molecule has 0 saturated heterocycles. The first-order valence-corrected chi connectivity index (χ1v) is 3.90. The fourth-order valence-electron chi connectivity index (χ4n) is 1.01. The molecule has 0 saturated carbocycles. The van der Waals surface area contributed by atoms with Crippen LogP contribution in [-0.4, -0.2) is 42.2 Å². The summed E-state index contributed by atoms with van der Waals surface area (Å²) in [4.78, 5) is 16.4. The number of hydrogen-bond acceptors (Lipinski definition) is 3. The van der Waals surface area contributed by atoms with Gasteiger partial charge in [-0.15, -0.1) is 11.6 Å². The number of nitrogens with two attached hydrogens (primary N) is 1. The number of alkyl halides is 1. The maximum Gasteiger partial charge on any atom is 0.236 e. The molecule has 0 radical (unpaired) electrons. The Morgan fingerprint density at radius 2 is 2.55 bits per heavy atom. The van der Waals surface area contributed by atoms with Gasteiger partial charge in [0.2, 0.25) is 5.91 Å². The van der Waals surface area contributed by atoms with E-state index in [1.54, 1.807) is 4.90 Å². The van der Waals surface area contributed by atoms with Crippen LogP contribution in [0.15, 0.2) is 4.99 Å². The summed E-state index contributed by atoms with van der Waals surface area (Å²) >= 11 is 5.56. The fraction of sp³-hybridized carbons (Fsp3) is 0.667. The van der Waals surface area contributed by atoms with E-state index in [-0.39, 0.29) is 12.5 Å². The normalized spacial score (nSPS) is 16.8. The molecule has 0 bridgehead atoms. The van der Waals surface area contributed by atoms with Crippen molar-refractivity contribution in [2.75, 3.05) is 25.5 Å².